The lowest BCUT2D eigenvalue weighted by Gasteiger charge is -2.00. The maximum Gasteiger partial charge on any atom is 0.324 e. The average Bonchev–Trinajstić information content (AvgIpc) is 2.17. The highest BCUT2D eigenvalue weighted by Gasteiger charge is 2.34. The predicted octanol–water partition coefficient (Wildman–Crippen LogP) is -1.26. The summed E-state index contributed by atoms with van der Waals surface area (Å²) in [6, 6.07) is -1.50. The Morgan fingerprint density at radius 1 is 1.60 bits per heavy atom. The molecule has 5 heteroatoms. The molecule has 0 aromatic heterocycles. The quantitative estimate of drug-likeness (QED) is 0.282. The van der Waals surface area contributed by atoms with E-state index in [1.807, 2.05) is 0 Å². The zero-order valence-corrected chi connectivity index (χ0v) is 5.33. The Bertz CT molecular complexity index is 201. The molecule has 1 rings (SSSR count). The van der Waals surface area contributed by atoms with E-state index < -0.39 is 18.0 Å². The van der Waals surface area contributed by atoms with Crippen molar-refractivity contribution >= 4 is 18.2 Å². The summed E-state index contributed by atoms with van der Waals surface area (Å²) in [5.41, 5.74) is 0. The molecule has 0 bridgehead atoms. The number of imide groups is 1. The number of hydrogen-bond acceptors (Lipinski definition) is 3. The van der Waals surface area contributed by atoms with Crippen LogP contribution in [0.3, 0.4) is 0 Å². The number of nitrogens with one attached hydrogen (secondary N) is 1. The van der Waals surface area contributed by atoms with Crippen LogP contribution in [0.25, 0.3) is 0 Å². The standard InChI is InChI=1S/C5H6N2O3/c1-7-4(9)3(2-8)6-5(7)10/h2-3H,1H3,(H,6,10). The topological polar surface area (TPSA) is 66.5 Å². The molecule has 0 saturated carbocycles. The van der Waals surface area contributed by atoms with Crippen LogP contribution in [0.4, 0.5) is 4.79 Å². The summed E-state index contributed by atoms with van der Waals surface area (Å²) >= 11 is 0. The molecule has 0 aromatic carbocycles. The molecule has 1 saturated heterocycles. The zero-order chi connectivity index (χ0) is 7.72. The van der Waals surface area contributed by atoms with Crippen LogP contribution >= 0.6 is 0 Å². The first kappa shape index (κ1) is 6.73. The van der Waals surface area contributed by atoms with Gasteiger partial charge in [0.25, 0.3) is 5.91 Å². The monoisotopic (exact) mass is 142 g/mol. The summed E-state index contributed by atoms with van der Waals surface area (Å²) < 4.78 is 0. The van der Waals surface area contributed by atoms with E-state index in [0.29, 0.717) is 6.29 Å². The Morgan fingerprint density at radius 3 is 2.40 bits per heavy atom. The molecule has 1 N–H and O–H groups in total. The van der Waals surface area contributed by atoms with Crippen LogP contribution < -0.4 is 5.32 Å². The maximum atomic E-state index is 10.8. The largest absolute Gasteiger partial charge is 0.324 e. The fourth-order valence-electron chi connectivity index (χ4n) is 0.693. The van der Waals surface area contributed by atoms with Gasteiger partial charge in [0.05, 0.1) is 0 Å². The van der Waals surface area contributed by atoms with E-state index in [-0.39, 0.29) is 0 Å². The minimum Gasteiger partial charge on any atom is -0.319 e. The summed E-state index contributed by atoms with van der Waals surface area (Å²) in [7, 11) is 1.32. The predicted molar refractivity (Wildman–Crippen MR) is 31.2 cm³/mol. The van der Waals surface area contributed by atoms with Crippen LogP contribution in [0.5, 0.6) is 0 Å². The Labute approximate surface area is 57.0 Å². The molecule has 1 unspecified atom stereocenters. The second kappa shape index (κ2) is 2.09. The minimum absolute atomic E-state index is 0.406. The Balaban J connectivity index is 2.80. The highest BCUT2D eigenvalue weighted by atomic mass is 16.2. The van der Waals surface area contributed by atoms with Crippen molar-refractivity contribution in [3.63, 3.8) is 0 Å². The number of amides is 3. The van der Waals surface area contributed by atoms with Crippen LogP contribution in [0.1, 0.15) is 0 Å². The lowest BCUT2D eigenvalue weighted by molar-refractivity contribution is -0.128. The van der Waals surface area contributed by atoms with Gasteiger partial charge in [0.1, 0.15) is 0 Å². The normalized spacial score (nSPS) is 24.9. The van der Waals surface area contributed by atoms with E-state index in [2.05, 4.69) is 5.32 Å². The molecular weight excluding hydrogens is 136 g/mol. The SMILES string of the molecule is CN1C(=O)NC(C=O)C1=O. The third-order valence-electron chi connectivity index (χ3n) is 1.32. The minimum atomic E-state index is -0.975. The number of aldehydes is 1. The molecule has 1 fully saturated rings. The van der Waals surface area contributed by atoms with Crippen molar-refractivity contribution in [1.29, 1.82) is 0 Å². The lowest BCUT2D eigenvalue weighted by atomic mass is 10.3. The molecule has 0 aromatic rings. The van der Waals surface area contributed by atoms with Gasteiger partial charge in [-0.25, -0.2) is 4.79 Å². The number of rotatable bonds is 1. The van der Waals surface area contributed by atoms with Crippen LogP contribution in [-0.4, -0.2) is 36.2 Å². The summed E-state index contributed by atoms with van der Waals surface area (Å²) in [6.07, 6.45) is 0.406. The van der Waals surface area contributed by atoms with Crippen LogP contribution in [0.2, 0.25) is 0 Å². The van der Waals surface area contributed by atoms with Crippen LogP contribution in [0.15, 0.2) is 0 Å². The number of urea groups is 1. The molecule has 54 valence electrons. The highest BCUT2D eigenvalue weighted by Crippen LogP contribution is 1.99. The number of likely N-dealkylation sites (N-methyl/N-ethyl adjacent to an activating group) is 1. The van der Waals surface area contributed by atoms with E-state index in [4.69, 9.17) is 0 Å². The van der Waals surface area contributed by atoms with Gasteiger partial charge in [-0.1, -0.05) is 0 Å². The van der Waals surface area contributed by atoms with E-state index >= 15 is 0 Å². The molecule has 5 nitrogen and oxygen atoms in total. The first-order chi connectivity index (χ1) is 4.66. The highest BCUT2D eigenvalue weighted by molar-refractivity contribution is 6.11. The van der Waals surface area contributed by atoms with Crippen molar-refractivity contribution in [2.24, 2.45) is 0 Å². The van der Waals surface area contributed by atoms with Crippen molar-refractivity contribution < 1.29 is 14.4 Å². The number of carbonyl (C=O) groups is 3. The van der Waals surface area contributed by atoms with E-state index in [9.17, 15) is 14.4 Å². The number of nitrogens with zero attached hydrogens (tertiary/aromatic N) is 1. The van der Waals surface area contributed by atoms with Crippen molar-refractivity contribution in [3.05, 3.63) is 0 Å². The smallest absolute Gasteiger partial charge is 0.319 e. The zero-order valence-electron chi connectivity index (χ0n) is 5.33. The molecule has 0 aliphatic carbocycles. The second-order valence-electron chi connectivity index (χ2n) is 1.96. The molecule has 0 radical (unpaired) electrons. The number of hydrogen-bond donors (Lipinski definition) is 1. The van der Waals surface area contributed by atoms with Gasteiger partial charge in [-0.15, -0.1) is 0 Å². The van der Waals surface area contributed by atoms with Crippen LogP contribution in [-0.2, 0) is 9.59 Å². The molecular formula is C5H6N2O3. The third kappa shape index (κ3) is 0.754. The summed E-state index contributed by atoms with van der Waals surface area (Å²) in [6.45, 7) is 0. The van der Waals surface area contributed by atoms with E-state index in [1.54, 1.807) is 0 Å². The summed E-state index contributed by atoms with van der Waals surface area (Å²) in [5, 5.41) is 2.17. The molecule has 1 aliphatic rings. The van der Waals surface area contributed by atoms with Gasteiger partial charge in [0.15, 0.2) is 12.3 Å². The Hall–Kier alpha value is -1.39. The number of carbonyl (C=O) groups excluding carboxylic acids is 3. The van der Waals surface area contributed by atoms with Crippen molar-refractivity contribution in [1.82, 2.24) is 10.2 Å². The fraction of sp³-hybridized carbons (Fsp3) is 0.400. The molecule has 1 atom stereocenters. The Morgan fingerprint density at radius 2 is 2.20 bits per heavy atom. The van der Waals surface area contributed by atoms with Gasteiger partial charge in [0, 0.05) is 7.05 Å². The van der Waals surface area contributed by atoms with Crippen molar-refractivity contribution in [2.75, 3.05) is 7.05 Å². The summed E-state index contributed by atoms with van der Waals surface area (Å²) in [4.78, 5) is 32.3. The lowest BCUT2D eigenvalue weighted by Crippen LogP contribution is -2.30. The molecule has 1 aliphatic heterocycles. The maximum absolute atomic E-state index is 10.8. The first-order valence-corrected chi connectivity index (χ1v) is 2.70. The summed E-state index contributed by atoms with van der Waals surface area (Å²) in [5.74, 6) is -0.500. The van der Waals surface area contributed by atoms with Gasteiger partial charge in [0.2, 0.25) is 0 Å². The van der Waals surface area contributed by atoms with Gasteiger partial charge in [-0.05, 0) is 0 Å². The van der Waals surface area contributed by atoms with E-state index in [1.165, 1.54) is 7.05 Å². The molecule has 1 heterocycles. The van der Waals surface area contributed by atoms with Gasteiger partial charge < -0.3 is 10.1 Å². The van der Waals surface area contributed by atoms with Crippen molar-refractivity contribution in [2.45, 2.75) is 6.04 Å². The average molecular weight is 142 g/mol. The van der Waals surface area contributed by atoms with E-state index in [0.717, 1.165) is 4.90 Å². The van der Waals surface area contributed by atoms with Gasteiger partial charge >= 0.3 is 6.03 Å². The van der Waals surface area contributed by atoms with Crippen molar-refractivity contribution in [3.8, 4) is 0 Å². The second-order valence-corrected chi connectivity index (χ2v) is 1.96. The molecule has 10 heavy (non-hydrogen) atoms. The van der Waals surface area contributed by atoms with Crippen LogP contribution in [0, 0.1) is 0 Å². The first-order valence-electron chi connectivity index (χ1n) is 2.70. The fourth-order valence-corrected chi connectivity index (χ4v) is 0.693. The molecule has 0 spiro atoms. The molecule has 3 amide bonds. The van der Waals surface area contributed by atoms with Gasteiger partial charge in [-0.2, -0.15) is 0 Å². The Kier molecular flexibility index (Phi) is 1.41. The van der Waals surface area contributed by atoms with Gasteiger partial charge in [-0.3, -0.25) is 9.69 Å². The third-order valence-corrected chi connectivity index (χ3v) is 1.32.